The molecule has 0 aromatic carbocycles. The Bertz CT molecular complexity index is 336. The Morgan fingerprint density at radius 2 is 0.459 bits per heavy atom. The van der Waals surface area contributed by atoms with Crippen molar-refractivity contribution >= 4 is 21.6 Å². The number of rotatable bonds is 34. The van der Waals surface area contributed by atoms with Gasteiger partial charge in [-0.3, -0.25) is 0 Å². The third-order valence-corrected chi connectivity index (χ3v) is 10.1. The third kappa shape index (κ3) is 36.7. The van der Waals surface area contributed by atoms with Crippen LogP contribution in [-0.2, 0) is 0 Å². The van der Waals surface area contributed by atoms with Crippen molar-refractivity contribution in [2.75, 3.05) is 12.0 Å². The summed E-state index contributed by atoms with van der Waals surface area (Å²) in [6.45, 7) is 2.31. The summed E-state index contributed by atoms with van der Waals surface area (Å²) in [4.78, 5) is 0. The van der Waals surface area contributed by atoms with Gasteiger partial charge in [0.15, 0.2) is 0 Å². The number of unbranched alkanes of at least 4 members (excludes halogenated alkanes) is 31. The van der Waals surface area contributed by atoms with Gasteiger partial charge in [0.05, 0.1) is 0 Å². The molecule has 0 aromatic heterocycles. The first kappa shape index (κ1) is 37.7. The normalized spacial score (nSPS) is 11.5. The third-order valence-electron chi connectivity index (χ3n) is 8.20. The van der Waals surface area contributed by atoms with Gasteiger partial charge in [0, 0.05) is 5.75 Å². The van der Waals surface area contributed by atoms with E-state index in [2.05, 4.69) is 13.2 Å². The van der Waals surface area contributed by atoms with Gasteiger partial charge in [-0.05, 0) is 12.7 Å². The maximum Gasteiger partial charge on any atom is 0.00368 e. The lowest BCUT2D eigenvalue weighted by atomic mass is 10.0. The molecule has 0 heterocycles. The molecule has 0 saturated heterocycles. The highest BCUT2D eigenvalue weighted by atomic mass is 33.1. The van der Waals surface area contributed by atoms with Crippen molar-refractivity contribution in [3.8, 4) is 0 Å². The van der Waals surface area contributed by atoms with Crippen LogP contribution in [0.4, 0.5) is 0 Å². The molecule has 0 bridgehead atoms. The van der Waals surface area contributed by atoms with E-state index < -0.39 is 0 Å². The topological polar surface area (TPSA) is 0 Å². The van der Waals surface area contributed by atoms with Crippen LogP contribution >= 0.6 is 21.6 Å². The molecule has 0 aliphatic heterocycles. The van der Waals surface area contributed by atoms with E-state index in [1.807, 2.05) is 21.6 Å². The molecule has 0 N–H and O–H groups in total. The van der Waals surface area contributed by atoms with Crippen molar-refractivity contribution in [2.45, 2.75) is 212 Å². The molecule has 0 saturated carbocycles. The molecular formula is C35H72S2. The van der Waals surface area contributed by atoms with Crippen LogP contribution in [0.2, 0.25) is 0 Å². The van der Waals surface area contributed by atoms with Gasteiger partial charge in [-0.2, -0.15) is 0 Å². The van der Waals surface area contributed by atoms with Crippen LogP contribution in [0.3, 0.4) is 0 Å². The first-order valence-corrected chi connectivity index (χ1v) is 20.3. The summed E-state index contributed by atoms with van der Waals surface area (Å²) >= 11 is 0. The van der Waals surface area contributed by atoms with Crippen molar-refractivity contribution in [3.63, 3.8) is 0 Å². The summed E-state index contributed by atoms with van der Waals surface area (Å²) in [5, 5.41) is 0. The van der Waals surface area contributed by atoms with Crippen LogP contribution in [0.1, 0.15) is 212 Å². The minimum atomic E-state index is 1.35. The van der Waals surface area contributed by atoms with Gasteiger partial charge in [0.25, 0.3) is 0 Å². The van der Waals surface area contributed by atoms with Gasteiger partial charge in [-0.1, -0.05) is 228 Å². The smallest absolute Gasteiger partial charge is 0.00368 e. The summed E-state index contributed by atoms with van der Waals surface area (Å²) in [6, 6.07) is 0. The Labute approximate surface area is 245 Å². The standard InChI is InChI=1S/C35H72S2/c1-3-4-5-6-7-8-9-10-11-12-13-14-15-16-17-18-19-20-21-22-23-24-25-26-27-28-29-30-31-32-33-34-35-37-36-2/h3-35H2,1-2H3. The second kappa shape index (κ2) is 36.7. The van der Waals surface area contributed by atoms with E-state index >= 15 is 0 Å². The van der Waals surface area contributed by atoms with Crippen LogP contribution < -0.4 is 0 Å². The molecule has 0 amide bonds. The minimum Gasteiger partial charge on any atom is -0.0976 e. The molecular weight excluding hydrogens is 485 g/mol. The summed E-state index contributed by atoms with van der Waals surface area (Å²) in [5.74, 6) is 1.35. The Kier molecular flexibility index (Phi) is 37.4. The lowest BCUT2D eigenvalue weighted by Gasteiger charge is -2.05. The zero-order valence-corrected chi connectivity index (χ0v) is 27.8. The van der Waals surface area contributed by atoms with Crippen molar-refractivity contribution in [1.82, 2.24) is 0 Å². The van der Waals surface area contributed by atoms with Crippen LogP contribution in [0, 0.1) is 0 Å². The van der Waals surface area contributed by atoms with Crippen molar-refractivity contribution < 1.29 is 0 Å². The highest BCUT2D eigenvalue weighted by molar-refractivity contribution is 8.76. The first-order valence-electron chi connectivity index (χ1n) is 17.6. The molecule has 2 heteroatoms. The van der Waals surface area contributed by atoms with Crippen molar-refractivity contribution in [3.05, 3.63) is 0 Å². The van der Waals surface area contributed by atoms with E-state index in [4.69, 9.17) is 0 Å². The van der Waals surface area contributed by atoms with Gasteiger partial charge in [0.1, 0.15) is 0 Å². The second-order valence-corrected chi connectivity index (χ2v) is 14.6. The van der Waals surface area contributed by atoms with E-state index in [1.54, 1.807) is 0 Å². The predicted molar refractivity (Wildman–Crippen MR) is 179 cm³/mol. The zero-order valence-electron chi connectivity index (χ0n) is 26.2. The Hall–Kier alpha value is 0.700. The maximum absolute atomic E-state index is 2.31. The molecule has 0 radical (unpaired) electrons. The highest BCUT2D eigenvalue weighted by Gasteiger charge is 1.97. The van der Waals surface area contributed by atoms with Gasteiger partial charge in [-0.15, -0.1) is 0 Å². The van der Waals surface area contributed by atoms with Gasteiger partial charge in [-0.25, -0.2) is 0 Å². The second-order valence-electron chi connectivity index (χ2n) is 11.9. The number of hydrogen-bond donors (Lipinski definition) is 0. The molecule has 0 spiro atoms. The molecule has 0 aromatic rings. The fourth-order valence-electron chi connectivity index (χ4n) is 5.62. The first-order chi connectivity index (χ1) is 18.4. The lowest BCUT2D eigenvalue weighted by molar-refractivity contribution is 0.512. The molecule has 0 fully saturated rings. The van der Waals surface area contributed by atoms with Crippen LogP contribution in [0.25, 0.3) is 0 Å². The lowest BCUT2D eigenvalue weighted by Crippen LogP contribution is -1.85. The summed E-state index contributed by atoms with van der Waals surface area (Å²) in [6.07, 6.45) is 49.6. The summed E-state index contributed by atoms with van der Waals surface area (Å²) in [7, 11) is 3.93. The fourth-order valence-corrected chi connectivity index (χ4v) is 6.96. The largest absolute Gasteiger partial charge is 0.0976 e. The van der Waals surface area contributed by atoms with Gasteiger partial charge >= 0.3 is 0 Å². The minimum absolute atomic E-state index is 1.35. The van der Waals surface area contributed by atoms with E-state index in [0.29, 0.717) is 0 Å². The van der Waals surface area contributed by atoms with E-state index in [9.17, 15) is 0 Å². The Morgan fingerprint density at radius 3 is 0.649 bits per heavy atom. The quantitative estimate of drug-likeness (QED) is 0.0571. The molecule has 0 unspecified atom stereocenters. The molecule has 0 rings (SSSR count). The maximum atomic E-state index is 2.31. The Morgan fingerprint density at radius 1 is 0.270 bits per heavy atom. The average molecular weight is 557 g/mol. The molecule has 0 aliphatic rings. The SMILES string of the molecule is CCCCCCCCCCCCCCCCCCCCCCCCCCCCCCCCCCSSC. The summed E-state index contributed by atoms with van der Waals surface area (Å²) < 4.78 is 0. The summed E-state index contributed by atoms with van der Waals surface area (Å²) in [5.41, 5.74) is 0. The fraction of sp³-hybridized carbons (Fsp3) is 1.00. The van der Waals surface area contributed by atoms with Gasteiger partial charge in [0.2, 0.25) is 0 Å². The monoisotopic (exact) mass is 557 g/mol. The molecule has 0 nitrogen and oxygen atoms in total. The molecule has 0 atom stereocenters. The Balaban J connectivity index is 3.00. The highest BCUT2D eigenvalue weighted by Crippen LogP contribution is 2.20. The average Bonchev–Trinajstić information content (AvgIpc) is 2.91. The van der Waals surface area contributed by atoms with Crippen LogP contribution in [0.5, 0.6) is 0 Å². The van der Waals surface area contributed by atoms with E-state index in [0.717, 1.165) is 0 Å². The van der Waals surface area contributed by atoms with Crippen LogP contribution in [0.15, 0.2) is 0 Å². The van der Waals surface area contributed by atoms with Crippen LogP contribution in [-0.4, -0.2) is 12.0 Å². The zero-order chi connectivity index (χ0) is 26.7. The van der Waals surface area contributed by atoms with Crippen molar-refractivity contribution in [1.29, 1.82) is 0 Å². The van der Waals surface area contributed by atoms with E-state index in [1.165, 1.54) is 211 Å². The molecule has 37 heavy (non-hydrogen) atoms. The van der Waals surface area contributed by atoms with Gasteiger partial charge < -0.3 is 0 Å². The molecule has 224 valence electrons. The van der Waals surface area contributed by atoms with E-state index in [-0.39, 0.29) is 0 Å². The predicted octanol–water partition coefficient (Wildman–Crippen LogP) is 14.5. The molecule has 0 aliphatic carbocycles. The van der Waals surface area contributed by atoms with Crippen molar-refractivity contribution in [2.24, 2.45) is 0 Å². The number of hydrogen-bond acceptors (Lipinski definition) is 2.